The Hall–Kier alpha value is -3.15. The second-order valence-corrected chi connectivity index (χ2v) is 11.6. The monoisotopic (exact) mass is 530 g/mol. The first-order chi connectivity index (χ1) is 18.0. The van der Waals surface area contributed by atoms with E-state index >= 15 is 0 Å². The topological polar surface area (TPSA) is 164 Å². The van der Waals surface area contributed by atoms with Gasteiger partial charge in [-0.2, -0.15) is 0 Å². The number of nitrogens with two attached hydrogens (primary N) is 1. The molecule has 3 heterocycles. The molecule has 4 N–H and O–H groups in total. The zero-order chi connectivity index (χ0) is 27.4. The van der Waals surface area contributed by atoms with E-state index in [-0.39, 0.29) is 35.6 Å². The van der Waals surface area contributed by atoms with Crippen LogP contribution in [0.3, 0.4) is 0 Å². The molecule has 1 aromatic rings. The highest BCUT2D eigenvalue weighted by atomic mass is 16.5. The fourth-order valence-electron chi connectivity index (χ4n) is 7.22. The molecule has 0 radical (unpaired) electrons. The summed E-state index contributed by atoms with van der Waals surface area (Å²) in [7, 11) is 1.54. The zero-order valence-corrected chi connectivity index (χ0v) is 22.2. The van der Waals surface area contributed by atoms with Gasteiger partial charge in [-0.05, 0) is 63.2 Å². The Bertz CT molecular complexity index is 1260. The van der Waals surface area contributed by atoms with E-state index in [0.717, 1.165) is 28.4 Å². The summed E-state index contributed by atoms with van der Waals surface area (Å²) >= 11 is 0. The Morgan fingerprint density at radius 1 is 1.16 bits per heavy atom. The van der Waals surface area contributed by atoms with E-state index in [9.17, 15) is 24.3 Å². The average Bonchev–Trinajstić information content (AvgIpc) is 3.43. The number of aromatic hydroxyl groups is 1. The van der Waals surface area contributed by atoms with Crippen molar-refractivity contribution in [3.8, 4) is 5.88 Å². The van der Waals surface area contributed by atoms with E-state index < -0.39 is 34.5 Å². The fraction of sp³-hybridized carbons (Fsp3) is 0.731. The second-order valence-electron chi connectivity index (χ2n) is 11.6. The van der Waals surface area contributed by atoms with Crippen LogP contribution in [0, 0.1) is 10.8 Å². The van der Waals surface area contributed by atoms with Crippen molar-refractivity contribution in [1.82, 2.24) is 18.9 Å². The molecule has 0 unspecified atom stereocenters. The minimum atomic E-state index is -0.839. The molecule has 12 nitrogen and oxygen atoms in total. The molecule has 2 aliphatic heterocycles. The van der Waals surface area contributed by atoms with E-state index in [0.29, 0.717) is 58.1 Å². The summed E-state index contributed by atoms with van der Waals surface area (Å²) in [5.41, 5.74) is 2.98. The number of rotatable bonds is 7. The number of hydrogen-bond acceptors (Lipinski definition) is 7. The maximum atomic E-state index is 13.3. The summed E-state index contributed by atoms with van der Waals surface area (Å²) in [5.74, 6) is -1.28. The predicted octanol–water partition coefficient (Wildman–Crippen LogP) is 1.51. The molecular formula is C26H38N6O6. The summed E-state index contributed by atoms with van der Waals surface area (Å²) in [6.07, 6.45) is 6.84. The fourth-order valence-corrected chi connectivity index (χ4v) is 7.22. The van der Waals surface area contributed by atoms with Crippen molar-refractivity contribution >= 4 is 17.8 Å². The van der Waals surface area contributed by atoms with E-state index in [1.807, 2.05) is 6.92 Å². The smallest absolute Gasteiger partial charge is 0.334 e. The van der Waals surface area contributed by atoms with Gasteiger partial charge in [0.25, 0.3) is 11.5 Å². The molecule has 12 heteroatoms. The number of carbonyl (C=O) groups is 2. The molecule has 0 aromatic carbocycles. The van der Waals surface area contributed by atoms with Gasteiger partial charge in [0.15, 0.2) is 0 Å². The van der Waals surface area contributed by atoms with E-state index in [1.165, 1.54) is 11.9 Å². The van der Waals surface area contributed by atoms with Crippen LogP contribution in [0.5, 0.6) is 5.88 Å². The van der Waals surface area contributed by atoms with Crippen LogP contribution >= 0.6 is 0 Å². The number of unbranched alkanes of at least 4 members (excludes halogenated alkanes) is 1. The van der Waals surface area contributed by atoms with Crippen molar-refractivity contribution in [2.45, 2.75) is 95.4 Å². The van der Waals surface area contributed by atoms with Crippen molar-refractivity contribution in [2.75, 3.05) is 20.2 Å². The molecule has 0 bridgehead atoms. The van der Waals surface area contributed by atoms with E-state index in [2.05, 4.69) is 0 Å². The Morgan fingerprint density at radius 3 is 2.42 bits per heavy atom. The molecule has 5 rings (SSSR count). The lowest BCUT2D eigenvalue weighted by atomic mass is 9.51. The van der Waals surface area contributed by atoms with Gasteiger partial charge in [0.2, 0.25) is 5.88 Å². The van der Waals surface area contributed by atoms with Crippen LogP contribution in [-0.2, 0) is 16.1 Å². The summed E-state index contributed by atoms with van der Waals surface area (Å²) in [6.45, 7) is 3.28. The van der Waals surface area contributed by atoms with Gasteiger partial charge in [-0.3, -0.25) is 29.0 Å². The van der Waals surface area contributed by atoms with Crippen LogP contribution in [0.15, 0.2) is 9.59 Å². The van der Waals surface area contributed by atoms with Gasteiger partial charge in [0.05, 0.1) is 6.10 Å². The van der Waals surface area contributed by atoms with E-state index in [4.69, 9.17) is 15.9 Å². The lowest BCUT2D eigenvalue weighted by Gasteiger charge is -2.58. The van der Waals surface area contributed by atoms with Gasteiger partial charge < -0.3 is 20.5 Å². The van der Waals surface area contributed by atoms with Crippen molar-refractivity contribution in [3.63, 3.8) is 0 Å². The molecule has 3 amide bonds. The van der Waals surface area contributed by atoms with Gasteiger partial charge in [-0.15, -0.1) is 0 Å². The van der Waals surface area contributed by atoms with Crippen LogP contribution in [0.25, 0.3) is 0 Å². The molecule has 2 saturated heterocycles. The highest BCUT2D eigenvalue weighted by molar-refractivity contribution is 6.07. The molecular weight excluding hydrogens is 492 g/mol. The summed E-state index contributed by atoms with van der Waals surface area (Å²) < 4.78 is 8.06. The third-order valence-corrected chi connectivity index (χ3v) is 9.22. The number of amidine groups is 1. The largest absolute Gasteiger partial charge is 0.494 e. The molecule has 208 valence electrons. The number of likely N-dealkylation sites (N-methyl/N-ethyl adjacent to an activating group) is 1. The molecule has 4 aliphatic rings. The van der Waals surface area contributed by atoms with Gasteiger partial charge >= 0.3 is 11.7 Å². The van der Waals surface area contributed by atoms with Crippen molar-refractivity contribution in [3.05, 3.63) is 26.4 Å². The van der Waals surface area contributed by atoms with Crippen molar-refractivity contribution in [1.29, 1.82) is 5.41 Å². The molecule has 1 atom stereocenters. The highest BCUT2D eigenvalue weighted by Gasteiger charge is 2.68. The minimum Gasteiger partial charge on any atom is -0.494 e. The molecule has 4 fully saturated rings. The first kappa shape index (κ1) is 26.5. The Labute approximate surface area is 220 Å². The number of carbonyl (C=O) groups excluding carboxylic acids is 2. The summed E-state index contributed by atoms with van der Waals surface area (Å²) in [6, 6.07) is -0.663. The normalized spacial score (nSPS) is 31.0. The van der Waals surface area contributed by atoms with Crippen molar-refractivity contribution < 1.29 is 19.4 Å². The van der Waals surface area contributed by atoms with E-state index in [1.54, 1.807) is 4.90 Å². The first-order valence-electron chi connectivity index (χ1n) is 13.7. The lowest BCUT2D eigenvalue weighted by molar-refractivity contribution is -0.150. The number of nitrogens with one attached hydrogen (secondary N) is 1. The van der Waals surface area contributed by atoms with Gasteiger partial charge in [0, 0.05) is 32.8 Å². The lowest BCUT2D eigenvalue weighted by Crippen LogP contribution is -2.65. The summed E-state index contributed by atoms with van der Waals surface area (Å²) in [5, 5.41) is 18.4. The average molecular weight is 531 g/mol. The third-order valence-electron chi connectivity index (χ3n) is 9.22. The maximum absolute atomic E-state index is 13.3. The predicted molar refractivity (Wildman–Crippen MR) is 138 cm³/mol. The standard InChI is InChI=1S/C26H38N6O6/c1-3-4-11-30-20(33)18(19(27)28)21(34)32(24(30)37)16-7-9-25(10-8-16)14-26(15-25)22(35)29(2)23(36)31(26)13-17-6-5-12-38-17/h16-17,33H,3-15H2,1-2H3,(H3,27,28)/t16?,17-,25?,26?/m0/s1. The molecule has 2 saturated carbocycles. The maximum Gasteiger partial charge on any atom is 0.334 e. The first-order valence-corrected chi connectivity index (χ1v) is 13.7. The van der Waals surface area contributed by atoms with Crippen LogP contribution in [-0.4, -0.2) is 73.7 Å². The second kappa shape index (κ2) is 9.55. The summed E-state index contributed by atoms with van der Waals surface area (Å²) in [4.78, 5) is 55.7. The third kappa shape index (κ3) is 3.95. The minimum absolute atomic E-state index is 0.0471. The molecule has 38 heavy (non-hydrogen) atoms. The van der Waals surface area contributed by atoms with Gasteiger partial charge in [0.1, 0.15) is 16.9 Å². The van der Waals surface area contributed by atoms with Gasteiger partial charge in [-0.25, -0.2) is 9.59 Å². The number of hydrogen-bond donors (Lipinski definition) is 3. The van der Waals surface area contributed by atoms with Crippen LogP contribution < -0.4 is 17.0 Å². The SMILES string of the molecule is CCCCn1c(O)c(C(=N)N)c(=O)n(C2CCC3(CC2)CC2(C3)C(=O)N(C)C(=O)N2C[C@@H]2CCCO2)c1=O. The Kier molecular flexibility index (Phi) is 6.65. The van der Waals surface area contributed by atoms with Crippen molar-refractivity contribution in [2.24, 2.45) is 11.1 Å². The zero-order valence-electron chi connectivity index (χ0n) is 22.2. The van der Waals surface area contributed by atoms with Gasteiger partial charge in [-0.1, -0.05) is 13.3 Å². The number of imide groups is 1. The Morgan fingerprint density at radius 2 is 1.84 bits per heavy atom. The van der Waals surface area contributed by atoms with Crippen LogP contribution in [0.1, 0.15) is 82.7 Å². The molecule has 1 aromatic heterocycles. The number of amides is 3. The Balaban J connectivity index is 1.36. The number of urea groups is 1. The number of nitrogens with zero attached hydrogens (tertiary/aromatic N) is 4. The number of aromatic nitrogens is 2. The van der Waals surface area contributed by atoms with Crippen LogP contribution in [0.4, 0.5) is 4.79 Å². The molecule has 2 aliphatic carbocycles. The molecule has 2 spiro atoms. The van der Waals surface area contributed by atoms with Crippen LogP contribution in [0.2, 0.25) is 0 Å². The number of nitrogen functional groups attached to an aromatic ring is 1. The quantitative estimate of drug-likeness (QED) is 0.273. The number of ether oxygens (including phenoxy) is 1. The highest BCUT2D eigenvalue weighted by Crippen LogP contribution is 2.62.